The molecule has 2 rings (SSSR count). The molecule has 0 aromatic heterocycles. The van der Waals surface area contributed by atoms with Crippen LogP contribution in [0.1, 0.15) is 25.3 Å². The Bertz CT molecular complexity index is 393. The molecular formula is C12H13Cl2Zr. The van der Waals surface area contributed by atoms with E-state index < -0.39 is 0 Å². The van der Waals surface area contributed by atoms with Gasteiger partial charge in [0.05, 0.1) is 0 Å². The molecule has 0 bridgehead atoms. The van der Waals surface area contributed by atoms with E-state index in [9.17, 15) is 0 Å². The molecule has 0 aliphatic carbocycles. The van der Waals surface area contributed by atoms with Crippen LogP contribution in [-0.2, 0) is 26.2 Å². The van der Waals surface area contributed by atoms with Gasteiger partial charge >= 0.3 is 26.2 Å². The monoisotopic (exact) mass is 317 g/mol. The molecule has 0 saturated carbocycles. The van der Waals surface area contributed by atoms with E-state index in [-0.39, 0.29) is 51.0 Å². The smallest absolute Gasteiger partial charge is 1.00 e. The quantitative estimate of drug-likeness (QED) is 0.518. The van der Waals surface area contributed by atoms with Crippen LogP contribution in [0.4, 0.5) is 0 Å². The van der Waals surface area contributed by atoms with Gasteiger partial charge < -0.3 is 24.8 Å². The number of hydrogen-bond acceptors (Lipinski definition) is 0. The average Bonchev–Trinajstić information content (AvgIpc) is 2.49. The maximum atomic E-state index is 2.24. The van der Waals surface area contributed by atoms with E-state index in [1.807, 2.05) is 0 Å². The average molecular weight is 319 g/mol. The molecule has 0 saturated heterocycles. The van der Waals surface area contributed by atoms with Gasteiger partial charge in [0.1, 0.15) is 0 Å². The summed E-state index contributed by atoms with van der Waals surface area (Å²) in [4.78, 5) is 0. The topological polar surface area (TPSA) is 0 Å². The van der Waals surface area contributed by atoms with Crippen molar-refractivity contribution in [3.8, 4) is 0 Å². The molecule has 0 aliphatic rings. The summed E-state index contributed by atoms with van der Waals surface area (Å²) >= 11 is 0. The zero-order chi connectivity index (χ0) is 8.55. The third kappa shape index (κ3) is 3.66. The molecule has 79 valence electrons. The van der Waals surface area contributed by atoms with Crippen molar-refractivity contribution in [2.24, 2.45) is 0 Å². The standard InChI is InChI=1S/C12H13.2ClH.Zr/c1-9(2)11-7-3-5-10-6-4-8-12(10)11;;;/h3-9H,1-2H3;2*1H;/q-1;;;+3/p-2. The number of hydrogen-bond donors (Lipinski definition) is 0. The van der Waals surface area contributed by atoms with E-state index >= 15 is 0 Å². The molecular weight excluding hydrogens is 306 g/mol. The second-order valence-electron chi connectivity index (χ2n) is 3.53. The second-order valence-corrected chi connectivity index (χ2v) is 3.53. The van der Waals surface area contributed by atoms with Crippen LogP contribution in [0.25, 0.3) is 10.8 Å². The molecule has 0 fully saturated rings. The van der Waals surface area contributed by atoms with E-state index in [2.05, 4.69) is 50.2 Å². The Kier molecular flexibility index (Phi) is 8.90. The van der Waals surface area contributed by atoms with Crippen LogP contribution >= 0.6 is 0 Å². The van der Waals surface area contributed by atoms with Crippen LogP contribution in [0.5, 0.6) is 0 Å². The molecule has 0 unspecified atom stereocenters. The maximum Gasteiger partial charge on any atom is 3.00 e. The SMILES string of the molecule is CC(C)c1cccc2[cH-]ccc12.[Cl-].[Cl-].[Zr+3]. The third-order valence-electron chi connectivity index (χ3n) is 2.33. The van der Waals surface area contributed by atoms with Gasteiger partial charge in [-0.05, 0) is 5.92 Å². The first-order valence-corrected chi connectivity index (χ1v) is 4.43. The fourth-order valence-electron chi connectivity index (χ4n) is 1.69. The minimum Gasteiger partial charge on any atom is -1.00 e. The summed E-state index contributed by atoms with van der Waals surface area (Å²) in [5.41, 5.74) is 1.46. The van der Waals surface area contributed by atoms with Crippen molar-refractivity contribution in [2.45, 2.75) is 19.8 Å². The summed E-state index contributed by atoms with van der Waals surface area (Å²) in [6.45, 7) is 4.48. The predicted molar refractivity (Wildman–Crippen MR) is 53.6 cm³/mol. The van der Waals surface area contributed by atoms with E-state index in [0.717, 1.165) is 0 Å². The van der Waals surface area contributed by atoms with Gasteiger partial charge in [0.2, 0.25) is 0 Å². The molecule has 3 heteroatoms. The van der Waals surface area contributed by atoms with Gasteiger partial charge in [0.15, 0.2) is 0 Å². The molecule has 0 atom stereocenters. The number of rotatable bonds is 1. The minimum atomic E-state index is 0. The van der Waals surface area contributed by atoms with E-state index in [1.165, 1.54) is 16.3 Å². The van der Waals surface area contributed by atoms with Crippen molar-refractivity contribution in [1.82, 2.24) is 0 Å². The summed E-state index contributed by atoms with van der Waals surface area (Å²) in [5, 5.41) is 2.77. The van der Waals surface area contributed by atoms with Gasteiger partial charge in [-0.25, -0.2) is 0 Å². The summed E-state index contributed by atoms with van der Waals surface area (Å²) < 4.78 is 0. The summed E-state index contributed by atoms with van der Waals surface area (Å²) in [5.74, 6) is 0.621. The van der Waals surface area contributed by atoms with Crippen LogP contribution in [0.3, 0.4) is 0 Å². The number of fused-ring (bicyclic) bond motifs is 1. The Hall–Kier alpha value is 0.293. The Morgan fingerprint density at radius 3 is 2.33 bits per heavy atom. The van der Waals surface area contributed by atoms with Crippen LogP contribution < -0.4 is 24.8 Å². The Morgan fingerprint density at radius 1 is 1.07 bits per heavy atom. The van der Waals surface area contributed by atoms with Crippen molar-refractivity contribution in [3.05, 3.63) is 42.0 Å². The summed E-state index contributed by atoms with van der Waals surface area (Å²) in [6, 6.07) is 13.0. The fraction of sp³-hybridized carbons (Fsp3) is 0.250. The van der Waals surface area contributed by atoms with Crippen LogP contribution in [0.15, 0.2) is 36.4 Å². The van der Waals surface area contributed by atoms with Crippen LogP contribution in [0, 0.1) is 0 Å². The van der Waals surface area contributed by atoms with Crippen molar-refractivity contribution in [2.75, 3.05) is 0 Å². The fourth-order valence-corrected chi connectivity index (χ4v) is 1.69. The molecule has 0 N–H and O–H groups in total. The Labute approximate surface area is 123 Å². The van der Waals surface area contributed by atoms with Crippen LogP contribution in [0.2, 0.25) is 0 Å². The minimum absolute atomic E-state index is 0. The second kappa shape index (κ2) is 7.55. The molecule has 0 nitrogen and oxygen atoms in total. The predicted octanol–water partition coefficient (Wildman–Crippen LogP) is -2.31. The molecule has 0 amide bonds. The molecule has 15 heavy (non-hydrogen) atoms. The van der Waals surface area contributed by atoms with E-state index in [4.69, 9.17) is 0 Å². The van der Waals surface area contributed by atoms with Crippen LogP contribution in [-0.4, -0.2) is 0 Å². The third-order valence-corrected chi connectivity index (χ3v) is 2.33. The molecule has 2 aromatic carbocycles. The number of benzene rings is 1. The van der Waals surface area contributed by atoms with Gasteiger partial charge in [-0.15, -0.1) is 29.0 Å². The molecule has 1 radical (unpaired) electrons. The zero-order valence-electron chi connectivity index (χ0n) is 8.80. The van der Waals surface area contributed by atoms with Crippen molar-refractivity contribution >= 4 is 10.8 Å². The molecule has 0 spiro atoms. The molecule has 0 aliphatic heterocycles. The summed E-state index contributed by atoms with van der Waals surface area (Å²) in [7, 11) is 0. The first-order chi connectivity index (χ1) is 5.79. The van der Waals surface area contributed by atoms with Gasteiger partial charge in [-0.3, -0.25) is 0 Å². The van der Waals surface area contributed by atoms with Gasteiger partial charge in [0.25, 0.3) is 0 Å². The first kappa shape index (κ1) is 17.7. The van der Waals surface area contributed by atoms with Crippen molar-refractivity contribution < 1.29 is 51.0 Å². The normalized spacial score (nSPS) is 9.00. The molecule has 2 aromatic rings. The largest absolute Gasteiger partial charge is 3.00 e. The van der Waals surface area contributed by atoms with Gasteiger partial charge in [0, 0.05) is 0 Å². The van der Waals surface area contributed by atoms with E-state index in [0.29, 0.717) is 5.92 Å². The number of halogens is 2. The van der Waals surface area contributed by atoms with Gasteiger partial charge in [-0.2, -0.15) is 12.1 Å². The Balaban J connectivity index is 0. The van der Waals surface area contributed by atoms with Gasteiger partial charge in [-0.1, -0.05) is 25.5 Å². The first-order valence-electron chi connectivity index (χ1n) is 4.43. The maximum absolute atomic E-state index is 2.24. The van der Waals surface area contributed by atoms with Crippen molar-refractivity contribution in [3.63, 3.8) is 0 Å². The molecule has 0 heterocycles. The Morgan fingerprint density at radius 2 is 1.73 bits per heavy atom. The summed E-state index contributed by atoms with van der Waals surface area (Å²) in [6.07, 6.45) is 0. The van der Waals surface area contributed by atoms with Crippen molar-refractivity contribution in [1.29, 1.82) is 0 Å². The van der Waals surface area contributed by atoms with E-state index in [1.54, 1.807) is 0 Å². The zero-order valence-corrected chi connectivity index (χ0v) is 12.8.